The quantitative estimate of drug-likeness (QED) is 0.398. The van der Waals surface area contributed by atoms with E-state index in [0.717, 1.165) is 6.42 Å². The van der Waals surface area contributed by atoms with Gasteiger partial charge in [-0.05, 0) is 20.3 Å². The Hall–Kier alpha value is -0.780. The van der Waals surface area contributed by atoms with Gasteiger partial charge in [0.2, 0.25) is 0 Å². The summed E-state index contributed by atoms with van der Waals surface area (Å²) < 4.78 is 0. The van der Waals surface area contributed by atoms with Gasteiger partial charge in [0, 0.05) is 0 Å². The average Bonchev–Trinajstić information content (AvgIpc) is 1.89. The highest BCUT2D eigenvalue weighted by Gasteiger charge is 1.78. The van der Waals surface area contributed by atoms with E-state index >= 15 is 0 Å². The predicted molar refractivity (Wildman–Crippen MR) is 43.4 cm³/mol. The van der Waals surface area contributed by atoms with Crippen LogP contribution < -0.4 is 0 Å². The Kier molecular flexibility index (Phi) is 4.89. The molecule has 0 aromatic rings. The molecule has 0 saturated carbocycles. The van der Waals surface area contributed by atoms with Crippen molar-refractivity contribution in [2.45, 2.75) is 20.3 Å². The molecule has 0 aliphatic heterocycles. The van der Waals surface area contributed by atoms with Crippen LogP contribution in [0.15, 0.2) is 36.5 Å². The summed E-state index contributed by atoms with van der Waals surface area (Å²) in [5.41, 5.74) is 1.40. The topological polar surface area (TPSA) is 0 Å². The molecule has 0 spiro atoms. The van der Waals surface area contributed by atoms with Gasteiger partial charge in [0.05, 0.1) is 0 Å². The van der Waals surface area contributed by atoms with E-state index < -0.39 is 0 Å². The van der Waals surface area contributed by atoms with Crippen molar-refractivity contribution >= 4 is 0 Å². The van der Waals surface area contributed by atoms with Crippen molar-refractivity contribution in [2.75, 3.05) is 0 Å². The summed E-state index contributed by atoms with van der Waals surface area (Å²) >= 11 is 0. The highest BCUT2D eigenvalue weighted by molar-refractivity contribution is 5.06. The van der Waals surface area contributed by atoms with Gasteiger partial charge in [-0.1, -0.05) is 36.5 Å². The average molecular weight is 122 g/mol. The van der Waals surface area contributed by atoms with E-state index in [1.54, 1.807) is 6.08 Å². The molecule has 0 aliphatic carbocycles. The molecule has 0 unspecified atom stereocenters. The van der Waals surface area contributed by atoms with E-state index in [4.69, 9.17) is 0 Å². The monoisotopic (exact) mass is 122 g/mol. The summed E-state index contributed by atoms with van der Waals surface area (Å²) in [6.07, 6.45) is 9.02. The van der Waals surface area contributed by atoms with Crippen LogP contribution in [0.1, 0.15) is 20.3 Å². The SMILES string of the molecule is C=C/C=C\C/C(C)=C\C. The van der Waals surface area contributed by atoms with Gasteiger partial charge in [0.25, 0.3) is 0 Å². The summed E-state index contributed by atoms with van der Waals surface area (Å²) in [5.74, 6) is 0. The minimum absolute atomic E-state index is 1.04. The van der Waals surface area contributed by atoms with Gasteiger partial charge >= 0.3 is 0 Å². The first-order valence-electron chi connectivity index (χ1n) is 3.20. The van der Waals surface area contributed by atoms with Crippen molar-refractivity contribution in [1.82, 2.24) is 0 Å². The first kappa shape index (κ1) is 8.22. The third-order valence-electron chi connectivity index (χ3n) is 1.20. The Morgan fingerprint density at radius 3 is 2.67 bits per heavy atom. The first-order chi connectivity index (χ1) is 4.31. The maximum absolute atomic E-state index is 3.58. The summed E-state index contributed by atoms with van der Waals surface area (Å²) in [6.45, 7) is 7.75. The van der Waals surface area contributed by atoms with Gasteiger partial charge in [-0.2, -0.15) is 0 Å². The Morgan fingerprint density at radius 1 is 1.56 bits per heavy atom. The summed E-state index contributed by atoms with van der Waals surface area (Å²) in [5, 5.41) is 0. The molecule has 0 fully saturated rings. The molecule has 0 rings (SSSR count). The van der Waals surface area contributed by atoms with Gasteiger partial charge in [0.15, 0.2) is 0 Å². The molecule has 0 aromatic heterocycles. The number of rotatable bonds is 3. The smallest absolute Gasteiger partial charge is 0.0139 e. The van der Waals surface area contributed by atoms with Gasteiger partial charge in [-0.25, -0.2) is 0 Å². The molecule has 0 aromatic carbocycles. The van der Waals surface area contributed by atoms with Gasteiger partial charge in [-0.3, -0.25) is 0 Å². The molecule has 9 heavy (non-hydrogen) atoms. The Labute approximate surface area is 57.6 Å². The van der Waals surface area contributed by atoms with E-state index in [0.29, 0.717) is 0 Å². The van der Waals surface area contributed by atoms with Crippen LogP contribution in [0.25, 0.3) is 0 Å². The van der Waals surface area contributed by atoms with Crippen LogP contribution >= 0.6 is 0 Å². The second kappa shape index (κ2) is 5.36. The summed E-state index contributed by atoms with van der Waals surface area (Å²) in [6, 6.07) is 0. The zero-order chi connectivity index (χ0) is 7.11. The second-order valence-corrected chi connectivity index (χ2v) is 2.00. The maximum Gasteiger partial charge on any atom is -0.0139 e. The molecule has 0 atom stereocenters. The van der Waals surface area contributed by atoms with E-state index in [2.05, 4.69) is 32.6 Å². The fourth-order valence-corrected chi connectivity index (χ4v) is 0.468. The number of allylic oxidation sites excluding steroid dienone is 5. The third-order valence-corrected chi connectivity index (χ3v) is 1.20. The number of hydrogen-bond donors (Lipinski definition) is 0. The molecule has 0 heterocycles. The van der Waals surface area contributed by atoms with Gasteiger partial charge < -0.3 is 0 Å². The lowest BCUT2D eigenvalue weighted by atomic mass is 10.2. The van der Waals surface area contributed by atoms with Gasteiger partial charge in [-0.15, -0.1) is 0 Å². The van der Waals surface area contributed by atoms with Crippen LogP contribution in [0.2, 0.25) is 0 Å². The van der Waals surface area contributed by atoms with Crippen LogP contribution in [0.5, 0.6) is 0 Å². The lowest BCUT2D eigenvalue weighted by Crippen LogP contribution is -1.68. The van der Waals surface area contributed by atoms with Crippen LogP contribution in [-0.2, 0) is 0 Å². The third kappa shape index (κ3) is 5.09. The molecule has 0 heteroatoms. The normalized spacial score (nSPS) is 12.4. The molecule has 0 bridgehead atoms. The fourth-order valence-electron chi connectivity index (χ4n) is 0.468. The first-order valence-corrected chi connectivity index (χ1v) is 3.20. The predicted octanol–water partition coefficient (Wildman–Crippen LogP) is 3.08. The van der Waals surface area contributed by atoms with Crippen molar-refractivity contribution in [1.29, 1.82) is 0 Å². The second-order valence-electron chi connectivity index (χ2n) is 2.00. The van der Waals surface area contributed by atoms with Crippen molar-refractivity contribution < 1.29 is 0 Å². The van der Waals surface area contributed by atoms with Crippen molar-refractivity contribution in [3.8, 4) is 0 Å². The largest absolute Gasteiger partial charge is 0.0991 e. The van der Waals surface area contributed by atoms with E-state index in [-0.39, 0.29) is 0 Å². The minimum Gasteiger partial charge on any atom is -0.0991 e. The van der Waals surface area contributed by atoms with Crippen LogP contribution in [0, 0.1) is 0 Å². The van der Waals surface area contributed by atoms with Gasteiger partial charge in [0.1, 0.15) is 0 Å². The molecular weight excluding hydrogens is 108 g/mol. The Balaban J connectivity index is 3.50. The summed E-state index contributed by atoms with van der Waals surface area (Å²) in [4.78, 5) is 0. The maximum atomic E-state index is 3.58. The highest BCUT2D eigenvalue weighted by atomic mass is 13.8. The van der Waals surface area contributed by atoms with Crippen molar-refractivity contribution in [2.24, 2.45) is 0 Å². The van der Waals surface area contributed by atoms with E-state index in [9.17, 15) is 0 Å². The Bertz CT molecular complexity index is 127. The molecule has 0 radical (unpaired) electrons. The lowest BCUT2D eigenvalue weighted by molar-refractivity contribution is 1.20. The van der Waals surface area contributed by atoms with Crippen LogP contribution in [0.4, 0.5) is 0 Å². The highest BCUT2D eigenvalue weighted by Crippen LogP contribution is 1.98. The van der Waals surface area contributed by atoms with E-state index in [1.807, 2.05) is 6.08 Å². The molecule has 0 saturated heterocycles. The fraction of sp³-hybridized carbons (Fsp3) is 0.333. The minimum atomic E-state index is 1.04. The van der Waals surface area contributed by atoms with Crippen molar-refractivity contribution in [3.05, 3.63) is 36.5 Å². The lowest BCUT2D eigenvalue weighted by Gasteiger charge is -1.89. The molecular formula is C9H14. The summed E-state index contributed by atoms with van der Waals surface area (Å²) in [7, 11) is 0. The zero-order valence-electron chi connectivity index (χ0n) is 6.22. The number of hydrogen-bond acceptors (Lipinski definition) is 0. The molecule has 50 valence electrons. The zero-order valence-corrected chi connectivity index (χ0v) is 6.22. The molecule has 0 aliphatic rings. The van der Waals surface area contributed by atoms with Crippen LogP contribution in [-0.4, -0.2) is 0 Å². The van der Waals surface area contributed by atoms with E-state index in [1.165, 1.54) is 5.57 Å². The molecule has 0 N–H and O–H groups in total. The molecule has 0 amide bonds. The van der Waals surface area contributed by atoms with Crippen molar-refractivity contribution in [3.63, 3.8) is 0 Å². The Morgan fingerprint density at radius 2 is 2.22 bits per heavy atom. The standard InChI is InChI=1S/C9H14/c1-4-6-7-8-9(3)5-2/h4-7H,1,8H2,2-3H3/b7-6-,9-5-. The van der Waals surface area contributed by atoms with Crippen LogP contribution in [0.3, 0.4) is 0 Å². The molecule has 0 nitrogen and oxygen atoms in total.